The van der Waals surface area contributed by atoms with Crippen LogP contribution >= 0.6 is 0 Å². The van der Waals surface area contributed by atoms with Crippen LogP contribution in [0, 0.1) is 0 Å². The van der Waals surface area contributed by atoms with E-state index in [0.29, 0.717) is 19.7 Å². The zero-order chi connectivity index (χ0) is 16.2. The number of amides is 1. The summed E-state index contributed by atoms with van der Waals surface area (Å²) in [6, 6.07) is 4.29. The Morgan fingerprint density at radius 2 is 1.86 bits per heavy atom. The number of nitrogens with zero attached hydrogens (tertiary/aromatic N) is 1. The van der Waals surface area contributed by atoms with Gasteiger partial charge in [0.1, 0.15) is 10.6 Å². The smallest absolute Gasteiger partial charge is 0.248 e. The predicted octanol–water partition coefficient (Wildman–Crippen LogP) is 1.75. The molecule has 0 atom stereocenters. The number of carbonyl (C=O) groups is 1. The van der Waals surface area contributed by atoms with E-state index < -0.39 is 15.9 Å². The third kappa shape index (κ3) is 3.59. The third-order valence-electron chi connectivity index (χ3n) is 3.71. The lowest BCUT2D eigenvalue weighted by atomic mass is 10.2. The summed E-state index contributed by atoms with van der Waals surface area (Å²) in [6.45, 7) is 3.12. The molecule has 22 heavy (non-hydrogen) atoms. The summed E-state index contributed by atoms with van der Waals surface area (Å²) in [4.78, 5) is 11.4. The van der Waals surface area contributed by atoms with Gasteiger partial charge in [0.25, 0.3) is 0 Å². The van der Waals surface area contributed by atoms with Gasteiger partial charge in [0.15, 0.2) is 0 Å². The van der Waals surface area contributed by atoms with E-state index >= 15 is 0 Å². The second kappa shape index (κ2) is 7.11. The van der Waals surface area contributed by atoms with Gasteiger partial charge in [-0.25, -0.2) is 8.42 Å². The van der Waals surface area contributed by atoms with Crippen LogP contribution in [-0.4, -0.2) is 38.3 Å². The molecule has 1 heterocycles. The molecule has 2 N–H and O–H groups in total. The molecule has 1 aliphatic heterocycles. The van der Waals surface area contributed by atoms with Crippen LogP contribution in [0.4, 0.5) is 0 Å². The molecule has 1 amide bonds. The Balaban J connectivity index is 2.46. The van der Waals surface area contributed by atoms with Crippen molar-refractivity contribution in [2.75, 3.05) is 19.7 Å². The van der Waals surface area contributed by atoms with Gasteiger partial charge in [-0.15, -0.1) is 0 Å². The normalized spacial score (nSPS) is 17.0. The summed E-state index contributed by atoms with van der Waals surface area (Å²) < 4.78 is 32.7. The summed E-state index contributed by atoms with van der Waals surface area (Å²) in [5.41, 5.74) is 5.43. The van der Waals surface area contributed by atoms with E-state index in [0.717, 1.165) is 25.7 Å². The summed E-state index contributed by atoms with van der Waals surface area (Å²) >= 11 is 0. The van der Waals surface area contributed by atoms with Gasteiger partial charge in [0.2, 0.25) is 15.9 Å². The second-order valence-corrected chi connectivity index (χ2v) is 7.18. The van der Waals surface area contributed by atoms with Gasteiger partial charge in [-0.3, -0.25) is 4.79 Å². The van der Waals surface area contributed by atoms with Gasteiger partial charge >= 0.3 is 0 Å². The van der Waals surface area contributed by atoms with Gasteiger partial charge < -0.3 is 10.5 Å². The molecule has 0 radical (unpaired) electrons. The van der Waals surface area contributed by atoms with Crippen molar-refractivity contribution in [1.82, 2.24) is 4.31 Å². The second-order valence-electron chi connectivity index (χ2n) is 5.28. The van der Waals surface area contributed by atoms with Crippen LogP contribution in [0.2, 0.25) is 0 Å². The lowest BCUT2D eigenvalue weighted by molar-refractivity contribution is 0.1000. The zero-order valence-electron chi connectivity index (χ0n) is 12.7. The van der Waals surface area contributed by atoms with E-state index in [4.69, 9.17) is 10.5 Å². The summed E-state index contributed by atoms with van der Waals surface area (Å²) in [5, 5.41) is 0. The molecular formula is C15H22N2O4S. The molecule has 1 fully saturated rings. The first kappa shape index (κ1) is 16.8. The van der Waals surface area contributed by atoms with Gasteiger partial charge in [0.05, 0.1) is 6.61 Å². The number of hydrogen-bond acceptors (Lipinski definition) is 4. The molecule has 0 unspecified atom stereocenters. The van der Waals surface area contributed by atoms with Crippen molar-refractivity contribution in [2.45, 2.75) is 37.5 Å². The maximum Gasteiger partial charge on any atom is 0.248 e. The highest BCUT2D eigenvalue weighted by atomic mass is 32.2. The quantitative estimate of drug-likeness (QED) is 0.892. The lowest BCUT2D eigenvalue weighted by Gasteiger charge is -2.21. The topological polar surface area (TPSA) is 89.7 Å². The minimum atomic E-state index is -3.69. The van der Waals surface area contributed by atoms with Gasteiger partial charge in [0, 0.05) is 18.7 Å². The van der Waals surface area contributed by atoms with Gasteiger partial charge in [-0.1, -0.05) is 12.8 Å². The fraction of sp³-hybridized carbons (Fsp3) is 0.533. The van der Waals surface area contributed by atoms with Crippen molar-refractivity contribution < 1.29 is 17.9 Å². The lowest BCUT2D eigenvalue weighted by Crippen LogP contribution is -2.32. The Morgan fingerprint density at radius 1 is 1.23 bits per heavy atom. The standard InChI is InChI=1S/C15H22N2O4S/c1-2-21-13-8-7-12(15(16)18)11-14(13)22(19,20)17-9-5-3-4-6-10-17/h7-8,11H,2-6,9-10H2,1H3,(H2,16,18). The van der Waals surface area contributed by atoms with Crippen molar-refractivity contribution >= 4 is 15.9 Å². The Hall–Kier alpha value is -1.60. The molecule has 1 aromatic carbocycles. The molecule has 1 aromatic rings. The largest absolute Gasteiger partial charge is 0.492 e. The number of nitrogens with two attached hydrogens (primary N) is 1. The highest BCUT2D eigenvalue weighted by Gasteiger charge is 2.29. The Labute approximate surface area is 131 Å². The van der Waals surface area contributed by atoms with Gasteiger partial charge in [-0.05, 0) is 38.0 Å². The van der Waals surface area contributed by atoms with Crippen LogP contribution in [0.3, 0.4) is 0 Å². The van der Waals surface area contributed by atoms with Crippen molar-refractivity contribution in [1.29, 1.82) is 0 Å². The minimum Gasteiger partial charge on any atom is -0.492 e. The highest BCUT2D eigenvalue weighted by molar-refractivity contribution is 7.89. The summed E-state index contributed by atoms with van der Waals surface area (Å²) in [5.74, 6) is -0.396. The molecule has 1 aliphatic rings. The molecule has 0 saturated carbocycles. The average Bonchev–Trinajstić information content (AvgIpc) is 2.77. The van der Waals surface area contributed by atoms with Crippen LogP contribution in [-0.2, 0) is 10.0 Å². The number of ether oxygens (including phenoxy) is 1. The van der Waals surface area contributed by atoms with E-state index in [1.807, 2.05) is 0 Å². The third-order valence-corrected chi connectivity index (χ3v) is 5.63. The Morgan fingerprint density at radius 3 is 2.41 bits per heavy atom. The van der Waals surface area contributed by atoms with Crippen molar-refractivity contribution in [3.05, 3.63) is 23.8 Å². The number of primary amides is 1. The van der Waals surface area contributed by atoms with E-state index in [-0.39, 0.29) is 16.2 Å². The van der Waals surface area contributed by atoms with Crippen molar-refractivity contribution in [3.63, 3.8) is 0 Å². The first-order chi connectivity index (χ1) is 10.5. The first-order valence-corrected chi connectivity index (χ1v) is 8.97. The Bertz CT molecular complexity index is 635. The molecule has 7 heteroatoms. The van der Waals surface area contributed by atoms with Crippen LogP contribution in [0.1, 0.15) is 43.0 Å². The molecule has 6 nitrogen and oxygen atoms in total. The van der Waals surface area contributed by atoms with Crippen molar-refractivity contribution in [3.8, 4) is 5.75 Å². The van der Waals surface area contributed by atoms with Crippen LogP contribution < -0.4 is 10.5 Å². The number of carbonyl (C=O) groups excluding carboxylic acids is 1. The maximum atomic E-state index is 12.9. The molecule has 122 valence electrons. The van der Waals surface area contributed by atoms with E-state index in [1.54, 1.807) is 6.92 Å². The van der Waals surface area contributed by atoms with Crippen LogP contribution in [0.25, 0.3) is 0 Å². The first-order valence-electron chi connectivity index (χ1n) is 7.53. The zero-order valence-corrected chi connectivity index (χ0v) is 13.6. The van der Waals surface area contributed by atoms with Crippen LogP contribution in [0.15, 0.2) is 23.1 Å². The van der Waals surface area contributed by atoms with Gasteiger partial charge in [-0.2, -0.15) is 4.31 Å². The average molecular weight is 326 g/mol. The monoisotopic (exact) mass is 326 g/mol. The molecule has 0 bridgehead atoms. The fourth-order valence-electron chi connectivity index (χ4n) is 2.56. The summed E-state index contributed by atoms with van der Waals surface area (Å²) in [6.07, 6.45) is 3.76. The fourth-order valence-corrected chi connectivity index (χ4v) is 4.23. The minimum absolute atomic E-state index is 0.0209. The van der Waals surface area contributed by atoms with E-state index in [9.17, 15) is 13.2 Å². The maximum absolute atomic E-state index is 12.9. The highest BCUT2D eigenvalue weighted by Crippen LogP contribution is 2.29. The summed E-state index contributed by atoms with van der Waals surface area (Å²) in [7, 11) is -3.69. The number of hydrogen-bond donors (Lipinski definition) is 1. The Kier molecular flexibility index (Phi) is 5.42. The molecule has 1 saturated heterocycles. The van der Waals surface area contributed by atoms with E-state index in [1.165, 1.54) is 22.5 Å². The molecule has 0 spiro atoms. The van der Waals surface area contributed by atoms with E-state index in [2.05, 4.69) is 0 Å². The molecule has 2 rings (SSSR count). The SMILES string of the molecule is CCOc1ccc(C(N)=O)cc1S(=O)(=O)N1CCCCCC1. The molecular weight excluding hydrogens is 304 g/mol. The predicted molar refractivity (Wildman–Crippen MR) is 83.4 cm³/mol. The van der Waals surface area contributed by atoms with Crippen LogP contribution in [0.5, 0.6) is 5.75 Å². The number of sulfonamides is 1. The molecule has 0 aromatic heterocycles. The number of rotatable bonds is 5. The number of benzene rings is 1. The van der Waals surface area contributed by atoms with Crippen molar-refractivity contribution in [2.24, 2.45) is 5.73 Å². The molecule has 0 aliphatic carbocycles.